The largest absolute Gasteiger partial charge is 0.471 e. The molecule has 2 nitrogen and oxygen atoms in total. The van der Waals surface area contributed by atoms with Crippen LogP contribution in [-0.2, 0) is 11.3 Å². The Bertz CT molecular complexity index is 365. The number of amides is 1. The first-order valence-electron chi connectivity index (χ1n) is 4.31. The standard InChI is InChI=1S/C9H9BF3NO/c10-7-4-2-1-3-6(7)5-14-8(15)9(11,12)13/h1-4H,5,10H2,(H,14,15). The van der Waals surface area contributed by atoms with Crippen LogP contribution in [0.1, 0.15) is 5.56 Å². The molecule has 0 fully saturated rings. The van der Waals surface area contributed by atoms with Gasteiger partial charge in [0.15, 0.2) is 0 Å². The molecular weight excluding hydrogens is 206 g/mol. The summed E-state index contributed by atoms with van der Waals surface area (Å²) in [6.45, 7) is -0.106. The average molecular weight is 215 g/mol. The van der Waals surface area contributed by atoms with Crippen LogP contribution < -0.4 is 10.8 Å². The lowest BCUT2D eigenvalue weighted by atomic mass is 9.91. The lowest BCUT2D eigenvalue weighted by Crippen LogP contribution is -2.37. The van der Waals surface area contributed by atoms with Crippen molar-refractivity contribution in [3.8, 4) is 0 Å². The smallest absolute Gasteiger partial charge is 0.344 e. The number of hydrogen-bond acceptors (Lipinski definition) is 1. The Morgan fingerprint density at radius 2 is 1.93 bits per heavy atom. The summed E-state index contributed by atoms with van der Waals surface area (Å²) in [4.78, 5) is 10.5. The van der Waals surface area contributed by atoms with Gasteiger partial charge in [-0.25, -0.2) is 0 Å². The summed E-state index contributed by atoms with van der Waals surface area (Å²) in [5.41, 5.74) is 1.52. The normalized spacial score (nSPS) is 11.1. The molecular formula is C9H9BF3NO. The van der Waals surface area contributed by atoms with Crippen molar-refractivity contribution in [2.45, 2.75) is 12.7 Å². The Labute approximate surface area is 85.9 Å². The van der Waals surface area contributed by atoms with Gasteiger partial charge in [0.1, 0.15) is 7.85 Å². The monoisotopic (exact) mass is 215 g/mol. The van der Waals surface area contributed by atoms with E-state index in [0.29, 0.717) is 5.56 Å². The summed E-state index contributed by atoms with van der Waals surface area (Å²) in [5.74, 6) is -1.91. The van der Waals surface area contributed by atoms with Gasteiger partial charge < -0.3 is 5.32 Å². The lowest BCUT2D eigenvalue weighted by molar-refractivity contribution is -0.173. The lowest BCUT2D eigenvalue weighted by Gasteiger charge is -2.09. The number of halogens is 3. The molecule has 1 amide bonds. The zero-order valence-electron chi connectivity index (χ0n) is 8.06. The maximum Gasteiger partial charge on any atom is 0.471 e. The van der Waals surface area contributed by atoms with Gasteiger partial charge in [-0.2, -0.15) is 13.2 Å². The molecule has 6 heteroatoms. The maximum absolute atomic E-state index is 11.8. The van der Waals surface area contributed by atoms with Crippen molar-refractivity contribution in [1.82, 2.24) is 5.32 Å². The van der Waals surface area contributed by atoms with Crippen molar-refractivity contribution < 1.29 is 18.0 Å². The summed E-state index contributed by atoms with van der Waals surface area (Å²) in [7, 11) is 1.77. The molecule has 1 aromatic rings. The molecule has 0 unspecified atom stereocenters. The molecule has 0 aromatic heterocycles. The number of carbonyl (C=O) groups is 1. The topological polar surface area (TPSA) is 29.1 Å². The van der Waals surface area contributed by atoms with E-state index >= 15 is 0 Å². The zero-order chi connectivity index (χ0) is 11.5. The van der Waals surface area contributed by atoms with Gasteiger partial charge >= 0.3 is 12.1 Å². The number of nitrogens with one attached hydrogen (secondary N) is 1. The fourth-order valence-corrected chi connectivity index (χ4v) is 1.08. The maximum atomic E-state index is 11.8. The summed E-state index contributed by atoms with van der Waals surface area (Å²) >= 11 is 0. The number of benzene rings is 1. The molecule has 0 atom stereocenters. The highest BCUT2D eigenvalue weighted by Gasteiger charge is 2.38. The van der Waals surface area contributed by atoms with E-state index in [-0.39, 0.29) is 6.54 Å². The number of rotatable bonds is 2. The predicted octanol–water partition coefficient (Wildman–Crippen LogP) is 0.123. The van der Waals surface area contributed by atoms with E-state index in [1.807, 2.05) is 5.32 Å². The van der Waals surface area contributed by atoms with Gasteiger partial charge in [0.05, 0.1) is 0 Å². The van der Waals surface area contributed by atoms with Gasteiger partial charge in [0, 0.05) is 6.54 Å². The second kappa shape index (κ2) is 4.38. The van der Waals surface area contributed by atoms with Crippen molar-refractivity contribution in [3.05, 3.63) is 29.8 Å². The van der Waals surface area contributed by atoms with E-state index in [2.05, 4.69) is 0 Å². The molecule has 0 radical (unpaired) electrons. The second-order valence-electron chi connectivity index (χ2n) is 3.11. The number of carbonyl (C=O) groups excluding carboxylic acids is 1. The van der Waals surface area contributed by atoms with Crippen LogP contribution in [0.5, 0.6) is 0 Å². The minimum Gasteiger partial charge on any atom is -0.344 e. The molecule has 0 saturated heterocycles. The number of alkyl halides is 3. The minimum atomic E-state index is -4.82. The summed E-state index contributed by atoms with van der Waals surface area (Å²) in [5, 5.41) is 1.82. The van der Waals surface area contributed by atoms with Gasteiger partial charge in [-0.05, 0) is 5.56 Å². The van der Waals surface area contributed by atoms with Crippen molar-refractivity contribution in [1.29, 1.82) is 0 Å². The van der Waals surface area contributed by atoms with Gasteiger partial charge in [0.25, 0.3) is 0 Å². The number of hydrogen-bond donors (Lipinski definition) is 1. The third-order valence-electron chi connectivity index (χ3n) is 1.96. The Morgan fingerprint density at radius 3 is 2.47 bits per heavy atom. The first-order valence-corrected chi connectivity index (χ1v) is 4.31. The third kappa shape index (κ3) is 3.30. The average Bonchev–Trinajstić information content (AvgIpc) is 2.14. The first kappa shape index (κ1) is 11.6. The Balaban J connectivity index is 2.59. The van der Waals surface area contributed by atoms with Gasteiger partial charge in [0.2, 0.25) is 0 Å². The van der Waals surface area contributed by atoms with Crippen LogP contribution >= 0.6 is 0 Å². The molecule has 0 bridgehead atoms. The van der Waals surface area contributed by atoms with E-state index in [1.54, 1.807) is 32.1 Å². The van der Waals surface area contributed by atoms with Crippen LogP contribution in [-0.4, -0.2) is 19.9 Å². The van der Waals surface area contributed by atoms with Crippen LogP contribution in [0.15, 0.2) is 24.3 Å². The van der Waals surface area contributed by atoms with Crippen LogP contribution in [0.25, 0.3) is 0 Å². The Hall–Kier alpha value is -1.46. The third-order valence-corrected chi connectivity index (χ3v) is 1.96. The van der Waals surface area contributed by atoms with Gasteiger partial charge in [-0.1, -0.05) is 29.7 Å². The fourth-order valence-electron chi connectivity index (χ4n) is 1.08. The summed E-state index contributed by atoms with van der Waals surface area (Å²) < 4.78 is 35.5. The van der Waals surface area contributed by atoms with Gasteiger partial charge in [-0.3, -0.25) is 4.79 Å². The van der Waals surface area contributed by atoms with E-state index in [1.165, 1.54) is 0 Å². The molecule has 1 N–H and O–H groups in total. The second-order valence-corrected chi connectivity index (χ2v) is 3.11. The first-order chi connectivity index (χ1) is 6.91. The van der Waals surface area contributed by atoms with Crippen molar-refractivity contribution in [2.24, 2.45) is 0 Å². The zero-order valence-corrected chi connectivity index (χ0v) is 8.06. The molecule has 0 heterocycles. The predicted molar refractivity (Wildman–Crippen MR) is 52.5 cm³/mol. The van der Waals surface area contributed by atoms with E-state index in [0.717, 1.165) is 5.46 Å². The molecule has 1 aromatic carbocycles. The molecule has 0 aliphatic rings. The highest BCUT2D eigenvalue weighted by atomic mass is 19.4. The summed E-state index contributed by atoms with van der Waals surface area (Å²) in [6.07, 6.45) is -4.82. The highest BCUT2D eigenvalue weighted by molar-refractivity contribution is 6.33. The van der Waals surface area contributed by atoms with Gasteiger partial charge in [-0.15, -0.1) is 0 Å². The van der Waals surface area contributed by atoms with E-state index in [4.69, 9.17) is 0 Å². The van der Waals surface area contributed by atoms with Crippen LogP contribution in [0.2, 0.25) is 0 Å². The SMILES string of the molecule is Bc1ccccc1CNC(=O)C(F)(F)F. The molecule has 0 aliphatic carbocycles. The van der Waals surface area contributed by atoms with Crippen molar-refractivity contribution in [3.63, 3.8) is 0 Å². The fraction of sp³-hybridized carbons (Fsp3) is 0.222. The molecule has 0 saturated carbocycles. The highest BCUT2D eigenvalue weighted by Crippen LogP contribution is 2.14. The van der Waals surface area contributed by atoms with Crippen molar-refractivity contribution in [2.75, 3.05) is 0 Å². The quantitative estimate of drug-likeness (QED) is 0.697. The molecule has 0 spiro atoms. The summed E-state index contributed by atoms with van der Waals surface area (Å²) in [6, 6.07) is 6.94. The Morgan fingerprint density at radius 1 is 1.33 bits per heavy atom. The van der Waals surface area contributed by atoms with Crippen LogP contribution in [0, 0.1) is 0 Å². The van der Waals surface area contributed by atoms with E-state index in [9.17, 15) is 18.0 Å². The molecule has 1 rings (SSSR count). The van der Waals surface area contributed by atoms with Crippen LogP contribution in [0.4, 0.5) is 13.2 Å². The van der Waals surface area contributed by atoms with Crippen molar-refractivity contribution >= 4 is 19.2 Å². The van der Waals surface area contributed by atoms with Crippen LogP contribution in [0.3, 0.4) is 0 Å². The molecule has 0 aliphatic heterocycles. The molecule has 15 heavy (non-hydrogen) atoms. The minimum absolute atomic E-state index is 0.106. The van der Waals surface area contributed by atoms with E-state index < -0.39 is 12.1 Å². The molecule has 80 valence electrons. The Kier molecular flexibility index (Phi) is 3.39.